The summed E-state index contributed by atoms with van der Waals surface area (Å²) in [7, 11) is 1.34. The van der Waals surface area contributed by atoms with Gasteiger partial charge in [0.15, 0.2) is 0 Å². The molecule has 1 aliphatic heterocycles. The Morgan fingerprint density at radius 2 is 2.03 bits per heavy atom. The highest BCUT2D eigenvalue weighted by Crippen LogP contribution is 2.45. The number of nitrogens with one attached hydrogen (secondary N) is 2. The molecule has 1 atom stereocenters. The summed E-state index contributed by atoms with van der Waals surface area (Å²) in [6, 6.07) is 7.44. The number of carbonyl (C=O) groups is 2. The van der Waals surface area contributed by atoms with Crippen LogP contribution in [0.1, 0.15) is 24.5 Å². The van der Waals surface area contributed by atoms with Crippen LogP contribution in [0.5, 0.6) is 0 Å². The fourth-order valence-corrected chi connectivity index (χ4v) is 3.75. The third-order valence-corrected chi connectivity index (χ3v) is 5.48. The summed E-state index contributed by atoms with van der Waals surface area (Å²) in [4.78, 5) is 38.3. The van der Waals surface area contributed by atoms with Crippen molar-refractivity contribution < 1.29 is 32.8 Å². The molecule has 2 amide bonds. The van der Waals surface area contributed by atoms with Gasteiger partial charge in [-0.05, 0) is 30.7 Å². The molecule has 1 aliphatic rings. The van der Waals surface area contributed by atoms with Gasteiger partial charge in [0.25, 0.3) is 5.69 Å². The first-order chi connectivity index (χ1) is 15.7. The van der Waals surface area contributed by atoms with E-state index >= 15 is 0 Å². The number of guanidine groups is 1. The van der Waals surface area contributed by atoms with E-state index in [2.05, 4.69) is 15.6 Å². The van der Waals surface area contributed by atoms with Crippen LogP contribution in [0.25, 0.3) is 0 Å². The van der Waals surface area contributed by atoms with E-state index in [1.54, 1.807) is 13.0 Å². The van der Waals surface area contributed by atoms with E-state index in [4.69, 9.17) is 16.7 Å². The summed E-state index contributed by atoms with van der Waals surface area (Å²) < 4.78 is 41.0. The predicted octanol–water partition coefficient (Wildman–Crippen LogP) is 4.71. The largest absolute Gasteiger partial charge is 0.463 e. The van der Waals surface area contributed by atoms with Crippen LogP contribution in [0.3, 0.4) is 0 Å². The van der Waals surface area contributed by atoms with Crippen LogP contribution in [0.15, 0.2) is 41.4 Å². The topological polar surface area (TPSA) is 137 Å². The number of carbonyl (C=O) groups excluding carboxylic acids is 1. The average molecular weight is 500 g/mol. The maximum absolute atomic E-state index is 13.7. The molecule has 1 fully saturated rings. The average Bonchev–Trinajstić information content (AvgIpc) is 2.70. The van der Waals surface area contributed by atoms with E-state index < -0.39 is 50.6 Å². The Kier molecular flexibility index (Phi) is 6.42. The molecule has 14 heteroatoms. The Morgan fingerprint density at radius 1 is 1.35 bits per heavy atom. The Labute approximate surface area is 195 Å². The van der Waals surface area contributed by atoms with E-state index in [0.717, 1.165) is 17.0 Å². The van der Waals surface area contributed by atoms with Gasteiger partial charge in [0.05, 0.1) is 21.9 Å². The molecule has 0 saturated carbocycles. The number of rotatable bonds is 4. The first-order valence-electron chi connectivity index (χ1n) is 9.51. The van der Waals surface area contributed by atoms with Gasteiger partial charge >= 0.3 is 12.3 Å². The van der Waals surface area contributed by atoms with E-state index in [9.17, 15) is 32.9 Å². The zero-order chi connectivity index (χ0) is 25.4. The number of carboxylic acid groups (broad SMARTS) is 1. The minimum absolute atomic E-state index is 0.0412. The van der Waals surface area contributed by atoms with E-state index in [1.807, 2.05) is 0 Å². The van der Waals surface area contributed by atoms with Crippen LogP contribution in [-0.2, 0) is 16.5 Å². The van der Waals surface area contributed by atoms with Gasteiger partial charge < -0.3 is 15.7 Å². The van der Waals surface area contributed by atoms with Gasteiger partial charge in [0, 0.05) is 18.8 Å². The number of anilines is 2. The standard InChI is InChI=1S/C20H17ClF3N5O5/c1-19(9-14(30)28(2)17(27-19)26-18(31)32)10-4-3-5-11(8-10)25-16-13(29(33)34)7-6-12(21)15(16)20(22,23)24/h3-8,25H,9H2,1-2H3,(H,26,27)(H,31,32)/t19-/m0/s1. The number of benzene rings is 2. The van der Waals surface area contributed by atoms with Gasteiger partial charge in [0.2, 0.25) is 11.9 Å². The number of nitro benzene ring substituents is 1. The normalized spacial score (nSPS) is 19.6. The smallest absolute Gasteiger partial charge is 0.434 e. The predicted molar refractivity (Wildman–Crippen MR) is 116 cm³/mol. The number of nitro groups is 1. The van der Waals surface area contributed by atoms with E-state index in [1.165, 1.54) is 25.2 Å². The molecule has 0 unspecified atom stereocenters. The number of alkyl halides is 3. The van der Waals surface area contributed by atoms with Crippen molar-refractivity contribution in [1.29, 1.82) is 0 Å². The molecule has 2 aromatic carbocycles. The molecule has 3 N–H and O–H groups in total. The van der Waals surface area contributed by atoms with Crippen molar-refractivity contribution in [2.75, 3.05) is 12.4 Å². The molecule has 0 aliphatic carbocycles. The van der Waals surface area contributed by atoms with Gasteiger partial charge in [-0.2, -0.15) is 13.2 Å². The lowest BCUT2D eigenvalue weighted by atomic mass is 9.86. The third kappa shape index (κ3) is 4.88. The van der Waals surface area contributed by atoms with E-state index in [-0.39, 0.29) is 18.1 Å². The minimum atomic E-state index is -4.99. The molecule has 0 aromatic heterocycles. The van der Waals surface area contributed by atoms with Crippen LogP contribution in [0.4, 0.5) is 35.0 Å². The molecular formula is C20H17ClF3N5O5. The summed E-state index contributed by atoms with van der Waals surface area (Å²) in [6.45, 7) is 1.58. The van der Waals surface area contributed by atoms with Gasteiger partial charge in [-0.15, -0.1) is 4.99 Å². The van der Waals surface area contributed by atoms with Crippen molar-refractivity contribution >= 4 is 46.6 Å². The molecule has 2 aromatic rings. The highest BCUT2D eigenvalue weighted by Gasteiger charge is 2.41. The van der Waals surface area contributed by atoms with Gasteiger partial charge in [-0.25, -0.2) is 4.79 Å². The molecule has 1 saturated heterocycles. The minimum Gasteiger partial charge on any atom is -0.463 e. The van der Waals surface area contributed by atoms with Gasteiger partial charge in [-0.1, -0.05) is 23.7 Å². The summed E-state index contributed by atoms with van der Waals surface area (Å²) in [5.41, 5.74) is -3.83. The van der Waals surface area contributed by atoms with Gasteiger partial charge in [-0.3, -0.25) is 19.8 Å². The summed E-state index contributed by atoms with van der Waals surface area (Å²) in [6.07, 6.45) is -6.65. The van der Waals surface area contributed by atoms with Crippen LogP contribution >= 0.6 is 11.6 Å². The first-order valence-corrected chi connectivity index (χ1v) is 9.89. The molecule has 10 nitrogen and oxygen atoms in total. The Bertz CT molecular complexity index is 1220. The Balaban J connectivity index is 2.07. The Hall–Kier alpha value is -3.87. The van der Waals surface area contributed by atoms with Crippen molar-refractivity contribution in [2.45, 2.75) is 25.1 Å². The number of hydrogen-bond acceptors (Lipinski definition) is 5. The monoisotopic (exact) mass is 499 g/mol. The van der Waals surface area contributed by atoms with Crippen molar-refractivity contribution in [2.24, 2.45) is 4.99 Å². The molecule has 0 radical (unpaired) electrons. The highest BCUT2D eigenvalue weighted by molar-refractivity contribution is 6.32. The van der Waals surface area contributed by atoms with Crippen molar-refractivity contribution in [1.82, 2.24) is 10.2 Å². The molecule has 1 heterocycles. The van der Waals surface area contributed by atoms with Crippen molar-refractivity contribution in [3.05, 3.63) is 62.7 Å². The highest BCUT2D eigenvalue weighted by atomic mass is 35.5. The SMILES string of the molecule is CN1C(=O)C[C@@](C)(c2cccc(Nc3c([N+](=O)[O-])ccc(Cl)c3C(F)(F)F)c2)N/C1=N\C(=O)O. The van der Waals surface area contributed by atoms with Crippen LogP contribution in [0.2, 0.25) is 5.02 Å². The first kappa shape index (κ1) is 24.8. The van der Waals surface area contributed by atoms with Crippen LogP contribution < -0.4 is 10.6 Å². The molecule has 3 rings (SSSR count). The zero-order valence-electron chi connectivity index (χ0n) is 17.6. The number of aliphatic imine (C=N–C) groups is 1. The molecule has 0 bridgehead atoms. The number of nitrogens with zero attached hydrogens (tertiary/aromatic N) is 3. The van der Waals surface area contributed by atoms with Crippen molar-refractivity contribution in [3.8, 4) is 0 Å². The summed E-state index contributed by atoms with van der Waals surface area (Å²) >= 11 is 5.72. The maximum Gasteiger partial charge on any atom is 0.434 e. The lowest BCUT2D eigenvalue weighted by Gasteiger charge is -2.40. The quantitative estimate of drug-likeness (QED) is 0.409. The number of hydrogen-bond donors (Lipinski definition) is 3. The van der Waals surface area contributed by atoms with Crippen LogP contribution in [-0.4, -0.2) is 39.9 Å². The zero-order valence-corrected chi connectivity index (χ0v) is 18.4. The second-order valence-corrected chi connectivity index (χ2v) is 7.99. The second kappa shape index (κ2) is 8.82. The summed E-state index contributed by atoms with van der Waals surface area (Å²) in [5.74, 6) is -0.682. The number of halogens is 4. The number of amides is 2. The summed E-state index contributed by atoms with van der Waals surface area (Å²) in [5, 5.41) is 24.9. The molecule has 180 valence electrons. The van der Waals surface area contributed by atoms with Crippen LogP contribution in [0, 0.1) is 10.1 Å². The lowest BCUT2D eigenvalue weighted by molar-refractivity contribution is -0.384. The fraction of sp³-hybridized carbons (Fsp3) is 0.250. The van der Waals surface area contributed by atoms with E-state index in [0.29, 0.717) is 5.56 Å². The Morgan fingerprint density at radius 3 is 2.62 bits per heavy atom. The van der Waals surface area contributed by atoms with Crippen molar-refractivity contribution in [3.63, 3.8) is 0 Å². The molecular weight excluding hydrogens is 483 g/mol. The van der Waals surface area contributed by atoms with Gasteiger partial charge in [0.1, 0.15) is 11.3 Å². The maximum atomic E-state index is 13.7. The lowest BCUT2D eigenvalue weighted by Crippen LogP contribution is -2.58. The fourth-order valence-electron chi connectivity index (χ4n) is 3.49. The second-order valence-electron chi connectivity index (χ2n) is 7.58. The third-order valence-electron chi connectivity index (χ3n) is 5.17. The molecule has 34 heavy (non-hydrogen) atoms. The molecule has 0 spiro atoms.